The SMILES string of the molecule is CCCCCCCCCCNc1ncnc(Cl)c1Br. The number of halogens is 2. The van der Waals surface area contributed by atoms with E-state index in [1.54, 1.807) is 0 Å². The molecule has 0 amide bonds. The van der Waals surface area contributed by atoms with Crippen LogP contribution in [0.2, 0.25) is 5.15 Å². The van der Waals surface area contributed by atoms with Gasteiger partial charge in [-0.3, -0.25) is 0 Å². The van der Waals surface area contributed by atoms with Crippen LogP contribution in [0.25, 0.3) is 0 Å². The molecule has 0 bridgehead atoms. The van der Waals surface area contributed by atoms with E-state index >= 15 is 0 Å². The minimum absolute atomic E-state index is 0.452. The van der Waals surface area contributed by atoms with Crippen molar-refractivity contribution in [3.63, 3.8) is 0 Å². The summed E-state index contributed by atoms with van der Waals surface area (Å²) in [6, 6.07) is 0. The second-order valence-corrected chi connectivity index (χ2v) is 5.88. The maximum absolute atomic E-state index is 5.90. The molecule has 0 saturated heterocycles. The van der Waals surface area contributed by atoms with Gasteiger partial charge in [0.1, 0.15) is 17.3 Å². The number of anilines is 1. The van der Waals surface area contributed by atoms with Gasteiger partial charge < -0.3 is 5.32 Å². The van der Waals surface area contributed by atoms with E-state index in [2.05, 4.69) is 38.1 Å². The summed E-state index contributed by atoms with van der Waals surface area (Å²) in [7, 11) is 0. The van der Waals surface area contributed by atoms with Crippen molar-refractivity contribution in [2.24, 2.45) is 0 Å². The molecule has 0 saturated carbocycles. The molecule has 108 valence electrons. The van der Waals surface area contributed by atoms with Gasteiger partial charge >= 0.3 is 0 Å². The molecular weight excluding hydrogens is 326 g/mol. The molecule has 0 spiro atoms. The molecule has 3 nitrogen and oxygen atoms in total. The second-order valence-electron chi connectivity index (χ2n) is 4.73. The average molecular weight is 349 g/mol. The van der Waals surface area contributed by atoms with Crippen molar-refractivity contribution in [3.05, 3.63) is 16.0 Å². The largest absolute Gasteiger partial charge is 0.369 e. The van der Waals surface area contributed by atoms with Crippen molar-refractivity contribution in [2.45, 2.75) is 58.3 Å². The van der Waals surface area contributed by atoms with Crippen LogP contribution in [0, 0.1) is 0 Å². The third-order valence-electron chi connectivity index (χ3n) is 3.07. The molecule has 5 heteroatoms. The van der Waals surface area contributed by atoms with E-state index in [1.165, 1.54) is 57.7 Å². The first kappa shape index (κ1) is 16.7. The summed E-state index contributed by atoms with van der Waals surface area (Å²) < 4.78 is 0.747. The number of aromatic nitrogens is 2. The Morgan fingerprint density at radius 3 is 2.37 bits per heavy atom. The van der Waals surface area contributed by atoms with Crippen LogP contribution >= 0.6 is 27.5 Å². The zero-order valence-electron chi connectivity index (χ0n) is 11.6. The molecule has 1 N–H and O–H groups in total. The van der Waals surface area contributed by atoms with Gasteiger partial charge in [0.25, 0.3) is 0 Å². The van der Waals surface area contributed by atoms with Crippen molar-refractivity contribution in [3.8, 4) is 0 Å². The van der Waals surface area contributed by atoms with Gasteiger partial charge in [0, 0.05) is 6.54 Å². The molecule has 0 unspecified atom stereocenters. The lowest BCUT2D eigenvalue weighted by atomic mass is 10.1. The summed E-state index contributed by atoms with van der Waals surface area (Å²) in [5.41, 5.74) is 0. The van der Waals surface area contributed by atoms with E-state index in [0.29, 0.717) is 5.15 Å². The van der Waals surface area contributed by atoms with Gasteiger partial charge in [0.2, 0.25) is 0 Å². The number of unbranched alkanes of at least 4 members (excludes halogenated alkanes) is 7. The topological polar surface area (TPSA) is 37.8 Å². The molecule has 0 atom stereocenters. The molecule has 0 aliphatic rings. The minimum atomic E-state index is 0.452. The molecule has 0 fully saturated rings. The van der Waals surface area contributed by atoms with Gasteiger partial charge in [0.15, 0.2) is 0 Å². The minimum Gasteiger partial charge on any atom is -0.369 e. The third kappa shape index (κ3) is 7.11. The zero-order chi connectivity index (χ0) is 13.9. The highest BCUT2D eigenvalue weighted by molar-refractivity contribution is 9.10. The van der Waals surface area contributed by atoms with Gasteiger partial charge in [-0.1, -0.05) is 63.5 Å². The first-order valence-electron chi connectivity index (χ1n) is 7.15. The summed E-state index contributed by atoms with van der Waals surface area (Å²) >= 11 is 9.28. The number of rotatable bonds is 10. The lowest BCUT2D eigenvalue weighted by Gasteiger charge is -2.07. The normalized spacial score (nSPS) is 10.7. The van der Waals surface area contributed by atoms with Crippen molar-refractivity contribution in [1.29, 1.82) is 0 Å². The first-order valence-corrected chi connectivity index (χ1v) is 8.32. The molecule has 1 aromatic heterocycles. The molecule has 0 aliphatic heterocycles. The van der Waals surface area contributed by atoms with Gasteiger partial charge in [-0.25, -0.2) is 9.97 Å². The molecule has 19 heavy (non-hydrogen) atoms. The van der Waals surface area contributed by atoms with Crippen molar-refractivity contribution in [2.75, 3.05) is 11.9 Å². The van der Waals surface area contributed by atoms with Crippen molar-refractivity contribution < 1.29 is 0 Å². The number of nitrogens with zero attached hydrogens (tertiary/aromatic N) is 2. The van der Waals surface area contributed by atoms with Crippen molar-refractivity contribution in [1.82, 2.24) is 9.97 Å². The van der Waals surface area contributed by atoms with E-state index in [4.69, 9.17) is 11.6 Å². The summed E-state index contributed by atoms with van der Waals surface area (Å²) in [6.45, 7) is 3.18. The molecule has 0 aliphatic carbocycles. The van der Waals surface area contributed by atoms with Crippen LogP contribution in [-0.2, 0) is 0 Å². The Morgan fingerprint density at radius 1 is 1.05 bits per heavy atom. The number of hydrogen-bond donors (Lipinski definition) is 1. The first-order chi connectivity index (χ1) is 9.25. The molecule has 1 rings (SSSR count). The highest BCUT2D eigenvalue weighted by Gasteiger charge is 2.05. The second kappa shape index (κ2) is 10.4. The van der Waals surface area contributed by atoms with Crippen LogP contribution in [0.1, 0.15) is 58.3 Å². The smallest absolute Gasteiger partial charge is 0.148 e. The summed E-state index contributed by atoms with van der Waals surface area (Å²) in [6.07, 6.45) is 12.1. The predicted octanol–water partition coefficient (Wildman–Crippen LogP) is 5.45. The standard InChI is InChI=1S/C14H23BrClN3/c1-2-3-4-5-6-7-8-9-10-17-14-12(15)13(16)18-11-19-14/h11H,2-10H2,1H3,(H,17,18,19). The quantitative estimate of drug-likeness (QED) is 0.451. The Kier molecular flexibility index (Phi) is 9.18. The van der Waals surface area contributed by atoms with Crippen LogP contribution in [0.3, 0.4) is 0 Å². The number of nitrogens with one attached hydrogen (secondary N) is 1. The molecule has 1 heterocycles. The van der Waals surface area contributed by atoms with E-state index in [0.717, 1.165) is 16.8 Å². The van der Waals surface area contributed by atoms with Crippen LogP contribution in [0.4, 0.5) is 5.82 Å². The fraction of sp³-hybridized carbons (Fsp3) is 0.714. The van der Waals surface area contributed by atoms with E-state index < -0.39 is 0 Å². The lowest BCUT2D eigenvalue weighted by Crippen LogP contribution is -2.04. The van der Waals surface area contributed by atoms with E-state index in [1.807, 2.05) is 0 Å². The molecule has 0 aromatic carbocycles. The highest BCUT2D eigenvalue weighted by Crippen LogP contribution is 2.25. The van der Waals surface area contributed by atoms with Crippen LogP contribution in [0.5, 0.6) is 0 Å². The fourth-order valence-electron chi connectivity index (χ4n) is 1.94. The van der Waals surface area contributed by atoms with E-state index in [-0.39, 0.29) is 0 Å². The van der Waals surface area contributed by atoms with Gasteiger partial charge in [-0.2, -0.15) is 0 Å². The molecule has 0 radical (unpaired) electrons. The molecular formula is C14H23BrClN3. The summed E-state index contributed by atoms with van der Waals surface area (Å²) in [5.74, 6) is 0.781. The summed E-state index contributed by atoms with van der Waals surface area (Å²) in [4.78, 5) is 8.05. The Bertz CT molecular complexity index is 361. The summed E-state index contributed by atoms with van der Waals surface area (Å²) in [5, 5.41) is 3.73. The Morgan fingerprint density at radius 2 is 1.68 bits per heavy atom. The molecule has 1 aromatic rings. The van der Waals surface area contributed by atoms with Crippen LogP contribution < -0.4 is 5.32 Å². The zero-order valence-corrected chi connectivity index (χ0v) is 13.9. The maximum atomic E-state index is 5.90. The Balaban J connectivity index is 2.03. The maximum Gasteiger partial charge on any atom is 0.148 e. The fourth-order valence-corrected chi connectivity index (χ4v) is 2.42. The predicted molar refractivity (Wildman–Crippen MR) is 85.8 cm³/mol. The Labute approximate surface area is 129 Å². The van der Waals surface area contributed by atoms with Gasteiger partial charge in [-0.05, 0) is 22.4 Å². The van der Waals surface area contributed by atoms with Gasteiger partial charge in [-0.15, -0.1) is 0 Å². The van der Waals surface area contributed by atoms with Crippen LogP contribution in [-0.4, -0.2) is 16.5 Å². The Hall–Kier alpha value is -0.350. The third-order valence-corrected chi connectivity index (χ3v) is 4.34. The monoisotopic (exact) mass is 347 g/mol. The van der Waals surface area contributed by atoms with Gasteiger partial charge in [0.05, 0.1) is 4.47 Å². The van der Waals surface area contributed by atoms with Crippen molar-refractivity contribution >= 4 is 33.3 Å². The van der Waals surface area contributed by atoms with Crippen LogP contribution in [0.15, 0.2) is 10.8 Å². The lowest BCUT2D eigenvalue weighted by molar-refractivity contribution is 0.581. The highest BCUT2D eigenvalue weighted by atomic mass is 79.9. The van der Waals surface area contributed by atoms with E-state index in [9.17, 15) is 0 Å². The average Bonchev–Trinajstić information content (AvgIpc) is 2.41. The number of hydrogen-bond acceptors (Lipinski definition) is 3.